The summed E-state index contributed by atoms with van der Waals surface area (Å²) in [6.07, 6.45) is 4.58. The summed E-state index contributed by atoms with van der Waals surface area (Å²) in [6, 6.07) is 14.5. The number of hydrogen-bond acceptors (Lipinski definition) is 10. The molecule has 0 aliphatic rings. The molecule has 0 saturated heterocycles. The Morgan fingerprint density at radius 3 is 2.32 bits per heavy atom. The third-order valence-corrected chi connectivity index (χ3v) is 6.22. The van der Waals surface area contributed by atoms with E-state index in [9.17, 15) is 13.5 Å². The van der Waals surface area contributed by atoms with Gasteiger partial charge in [0.1, 0.15) is 6.61 Å². The molecule has 4 rings (SSSR count). The predicted molar refractivity (Wildman–Crippen MR) is 136 cm³/mol. The summed E-state index contributed by atoms with van der Waals surface area (Å²) in [5, 5.41) is 9.35. The number of methoxy groups -OCH3 is 1. The minimum Gasteiger partial charge on any atom is -0.493 e. The van der Waals surface area contributed by atoms with E-state index >= 15 is 0 Å². The first kappa shape index (κ1) is 25.5. The molecular weight excluding hydrogens is 498 g/mol. The van der Waals surface area contributed by atoms with Crippen LogP contribution in [-0.2, 0) is 10.0 Å². The Labute approximate surface area is 213 Å². The van der Waals surface area contributed by atoms with E-state index in [2.05, 4.69) is 31.2 Å². The van der Waals surface area contributed by atoms with Gasteiger partial charge in [-0.1, -0.05) is 36.9 Å². The molecule has 0 aliphatic carbocycles. The molecule has 2 heterocycles. The summed E-state index contributed by atoms with van der Waals surface area (Å²) < 4.78 is 46.1. The molecule has 37 heavy (non-hydrogen) atoms. The van der Waals surface area contributed by atoms with Crippen LogP contribution in [0.1, 0.15) is 5.56 Å². The van der Waals surface area contributed by atoms with Crippen molar-refractivity contribution in [3.8, 4) is 34.8 Å². The molecule has 0 bridgehead atoms. The Morgan fingerprint density at radius 2 is 1.68 bits per heavy atom. The van der Waals surface area contributed by atoms with Crippen LogP contribution >= 0.6 is 0 Å². The van der Waals surface area contributed by atoms with Crippen molar-refractivity contribution in [2.75, 3.05) is 25.0 Å². The van der Waals surface area contributed by atoms with E-state index in [4.69, 9.17) is 14.2 Å². The molecule has 0 aliphatic heterocycles. The number of rotatable bonds is 11. The van der Waals surface area contributed by atoms with Gasteiger partial charge in [-0.25, -0.2) is 23.4 Å². The Kier molecular flexibility index (Phi) is 7.91. The van der Waals surface area contributed by atoms with Gasteiger partial charge in [0.2, 0.25) is 11.6 Å². The second-order valence-electron chi connectivity index (χ2n) is 7.31. The number of nitrogens with zero attached hydrogens (tertiary/aromatic N) is 4. The van der Waals surface area contributed by atoms with Gasteiger partial charge in [-0.05, 0) is 35.9 Å². The highest BCUT2D eigenvalue weighted by Gasteiger charge is 2.26. The Balaban J connectivity index is 1.87. The number of benzene rings is 2. The number of aliphatic hydroxyl groups excluding tert-OH is 1. The SMILES string of the molecule is C=Cc1ccc(S(=O)(=O)Nc2nc(-c3ncccn3)nc(OCCO)c2Oc2ccccc2OC)cc1. The summed E-state index contributed by atoms with van der Waals surface area (Å²) in [4.78, 5) is 17.0. The maximum Gasteiger partial charge on any atom is 0.263 e. The lowest BCUT2D eigenvalue weighted by Gasteiger charge is -2.18. The molecular formula is C25H23N5O6S. The Morgan fingerprint density at radius 1 is 0.973 bits per heavy atom. The van der Waals surface area contributed by atoms with Crippen LogP contribution in [0.5, 0.6) is 23.1 Å². The number of sulfonamides is 1. The number of aliphatic hydroxyl groups is 1. The van der Waals surface area contributed by atoms with Crippen molar-refractivity contribution in [2.45, 2.75) is 4.90 Å². The topological polar surface area (TPSA) is 146 Å². The fraction of sp³-hybridized carbons (Fsp3) is 0.120. The number of ether oxygens (including phenoxy) is 3. The van der Waals surface area contributed by atoms with Crippen LogP contribution in [0.3, 0.4) is 0 Å². The first-order valence-electron chi connectivity index (χ1n) is 10.9. The minimum absolute atomic E-state index is 0.0182. The molecule has 0 unspecified atom stereocenters. The molecule has 2 N–H and O–H groups in total. The maximum absolute atomic E-state index is 13.3. The molecule has 0 atom stereocenters. The molecule has 4 aromatic rings. The van der Waals surface area contributed by atoms with E-state index in [1.165, 1.54) is 31.6 Å². The standard InChI is InChI=1S/C25H23N5O6S/c1-3-17-9-11-18(12-10-17)37(32,33)30-22-21(36-20-8-5-4-7-19(20)34-2)25(35-16-15-31)29-24(28-22)23-26-13-6-14-27-23/h3-14,31H,1,15-16H2,2H3,(H,28,29,30). The summed E-state index contributed by atoms with van der Waals surface area (Å²) in [7, 11) is -2.67. The smallest absolute Gasteiger partial charge is 0.263 e. The van der Waals surface area contributed by atoms with E-state index in [1.54, 1.807) is 48.5 Å². The zero-order valence-corrected chi connectivity index (χ0v) is 20.6. The van der Waals surface area contributed by atoms with Crippen LogP contribution in [0.15, 0.2) is 78.5 Å². The number of nitrogens with one attached hydrogen (secondary N) is 1. The van der Waals surface area contributed by atoms with Crippen molar-refractivity contribution in [3.05, 3.63) is 79.1 Å². The van der Waals surface area contributed by atoms with Gasteiger partial charge in [-0.2, -0.15) is 4.98 Å². The lowest BCUT2D eigenvalue weighted by atomic mass is 10.2. The van der Waals surface area contributed by atoms with E-state index in [0.29, 0.717) is 5.75 Å². The fourth-order valence-corrected chi connectivity index (χ4v) is 4.13. The van der Waals surface area contributed by atoms with Crippen molar-refractivity contribution in [3.63, 3.8) is 0 Å². The van der Waals surface area contributed by atoms with E-state index in [-0.39, 0.29) is 53.0 Å². The van der Waals surface area contributed by atoms with Gasteiger partial charge in [0.25, 0.3) is 15.9 Å². The van der Waals surface area contributed by atoms with Crippen LogP contribution in [-0.4, -0.2) is 53.8 Å². The number of hydrogen-bond donors (Lipinski definition) is 2. The van der Waals surface area contributed by atoms with Gasteiger partial charge in [0, 0.05) is 12.4 Å². The van der Waals surface area contributed by atoms with Crippen molar-refractivity contribution in [2.24, 2.45) is 0 Å². The molecule has 12 heteroatoms. The molecule has 0 amide bonds. The average Bonchev–Trinajstić information content (AvgIpc) is 2.93. The van der Waals surface area contributed by atoms with E-state index < -0.39 is 10.0 Å². The molecule has 11 nitrogen and oxygen atoms in total. The summed E-state index contributed by atoms with van der Waals surface area (Å²) in [5.41, 5.74) is 0.754. The second kappa shape index (κ2) is 11.5. The number of para-hydroxylation sites is 2. The lowest BCUT2D eigenvalue weighted by Crippen LogP contribution is -2.16. The van der Waals surface area contributed by atoms with Gasteiger partial charge >= 0.3 is 0 Å². The molecule has 0 spiro atoms. The largest absolute Gasteiger partial charge is 0.493 e. The highest BCUT2D eigenvalue weighted by molar-refractivity contribution is 7.92. The van der Waals surface area contributed by atoms with Gasteiger partial charge in [0.05, 0.1) is 18.6 Å². The van der Waals surface area contributed by atoms with E-state index in [0.717, 1.165) is 5.56 Å². The molecule has 190 valence electrons. The third-order valence-electron chi connectivity index (χ3n) is 4.87. The lowest BCUT2D eigenvalue weighted by molar-refractivity contribution is 0.192. The zero-order chi connectivity index (χ0) is 26.3. The van der Waals surface area contributed by atoms with Crippen LogP contribution in [0.2, 0.25) is 0 Å². The molecule has 0 radical (unpaired) electrons. The highest BCUT2D eigenvalue weighted by Crippen LogP contribution is 2.41. The van der Waals surface area contributed by atoms with Crippen LogP contribution in [0.25, 0.3) is 17.7 Å². The maximum atomic E-state index is 13.3. The van der Waals surface area contributed by atoms with Gasteiger partial charge in [0.15, 0.2) is 23.1 Å². The van der Waals surface area contributed by atoms with Crippen molar-refractivity contribution in [1.82, 2.24) is 19.9 Å². The normalized spacial score (nSPS) is 11.0. The first-order chi connectivity index (χ1) is 17.9. The van der Waals surface area contributed by atoms with Crippen molar-refractivity contribution >= 4 is 21.9 Å². The zero-order valence-electron chi connectivity index (χ0n) is 19.7. The van der Waals surface area contributed by atoms with Crippen LogP contribution in [0, 0.1) is 0 Å². The first-order valence-corrected chi connectivity index (χ1v) is 12.4. The van der Waals surface area contributed by atoms with Gasteiger partial charge < -0.3 is 19.3 Å². The second-order valence-corrected chi connectivity index (χ2v) is 8.99. The molecule has 2 aromatic heterocycles. The average molecular weight is 522 g/mol. The van der Waals surface area contributed by atoms with Crippen LogP contribution in [0.4, 0.5) is 5.82 Å². The molecule has 0 saturated carbocycles. The van der Waals surface area contributed by atoms with Crippen LogP contribution < -0.4 is 18.9 Å². The van der Waals surface area contributed by atoms with Gasteiger partial charge in [-0.3, -0.25) is 4.72 Å². The Hall–Kier alpha value is -4.55. The highest BCUT2D eigenvalue weighted by atomic mass is 32.2. The number of anilines is 1. The molecule has 0 fully saturated rings. The Bertz CT molecular complexity index is 1480. The summed E-state index contributed by atoms with van der Waals surface area (Å²) in [5.74, 6) is 0.198. The van der Waals surface area contributed by atoms with E-state index in [1.807, 2.05) is 0 Å². The molecule has 2 aromatic carbocycles. The predicted octanol–water partition coefficient (Wildman–Crippen LogP) is 3.55. The summed E-state index contributed by atoms with van der Waals surface area (Å²) >= 11 is 0. The minimum atomic E-state index is -4.14. The third kappa shape index (κ3) is 6.00. The van der Waals surface area contributed by atoms with Crippen molar-refractivity contribution in [1.29, 1.82) is 0 Å². The summed E-state index contributed by atoms with van der Waals surface area (Å²) in [6.45, 7) is 3.20. The monoisotopic (exact) mass is 521 g/mol. The number of aromatic nitrogens is 4. The van der Waals surface area contributed by atoms with Crippen molar-refractivity contribution < 1.29 is 27.7 Å². The van der Waals surface area contributed by atoms with Gasteiger partial charge in [-0.15, -0.1) is 0 Å². The fourth-order valence-electron chi connectivity index (χ4n) is 3.13. The quantitative estimate of drug-likeness (QED) is 0.300.